The number of aromatic nitrogens is 4. The molecule has 1 heterocycles. The highest BCUT2D eigenvalue weighted by molar-refractivity contribution is 7.85. The van der Waals surface area contributed by atoms with Gasteiger partial charge in [0.1, 0.15) is 0 Å². The normalized spacial score (nSPS) is 12.4. The summed E-state index contributed by atoms with van der Waals surface area (Å²) in [6, 6.07) is 0. The molecule has 1 aromatic heterocycles. The van der Waals surface area contributed by atoms with Crippen LogP contribution < -0.4 is 5.69 Å². The Balaban J connectivity index is 2.85. The minimum Gasteiger partial charge on any atom is -0.246 e. The van der Waals surface area contributed by atoms with Gasteiger partial charge in [-0.2, -0.15) is 17.8 Å². The Labute approximate surface area is 85.9 Å². The van der Waals surface area contributed by atoms with Gasteiger partial charge in [-0.15, -0.1) is 0 Å². The predicted octanol–water partition coefficient (Wildman–Crippen LogP) is -1.14. The van der Waals surface area contributed by atoms with Gasteiger partial charge in [-0.05, 0) is 17.4 Å². The van der Waals surface area contributed by atoms with Crippen LogP contribution in [0.1, 0.15) is 6.92 Å². The summed E-state index contributed by atoms with van der Waals surface area (Å²) in [5.41, 5.74) is -0.572. The van der Waals surface area contributed by atoms with Gasteiger partial charge < -0.3 is 0 Å². The summed E-state index contributed by atoms with van der Waals surface area (Å²) >= 11 is 0. The summed E-state index contributed by atoms with van der Waals surface area (Å²) in [6.45, 7) is 1.23. The summed E-state index contributed by atoms with van der Waals surface area (Å²) in [6.07, 6.45) is 3.87. The van der Waals surface area contributed by atoms with Crippen LogP contribution in [0.2, 0.25) is 0 Å². The molecule has 1 aromatic rings. The maximum absolute atomic E-state index is 11.4. The lowest BCUT2D eigenvalue weighted by atomic mass is 10.7. The van der Waals surface area contributed by atoms with E-state index < -0.39 is 22.5 Å². The van der Waals surface area contributed by atoms with E-state index in [4.69, 9.17) is 0 Å². The molecule has 0 aliphatic carbocycles. The average molecular weight is 234 g/mol. The van der Waals surface area contributed by atoms with Gasteiger partial charge in [0.2, 0.25) is 0 Å². The zero-order chi connectivity index (χ0) is 11.5. The Morgan fingerprint density at radius 1 is 1.47 bits per heavy atom. The lowest BCUT2D eigenvalue weighted by Gasteiger charge is -1.97. The summed E-state index contributed by atoms with van der Waals surface area (Å²) in [4.78, 5) is 11.4. The van der Waals surface area contributed by atoms with Crippen LogP contribution in [0.5, 0.6) is 0 Å². The third kappa shape index (κ3) is 3.29. The zero-order valence-corrected chi connectivity index (χ0v) is 9.01. The first kappa shape index (κ1) is 11.6. The van der Waals surface area contributed by atoms with Crippen molar-refractivity contribution in [3.63, 3.8) is 0 Å². The van der Waals surface area contributed by atoms with Crippen LogP contribution in [-0.4, -0.2) is 34.5 Å². The molecule has 0 radical (unpaired) electrons. The van der Waals surface area contributed by atoms with Crippen molar-refractivity contribution < 1.29 is 12.6 Å². The maximum Gasteiger partial charge on any atom is 0.370 e. The van der Waals surface area contributed by atoms with Crippen molar-refractivity contribution in [3.8, 4) is 0 Å². The highest BCUT2D eigenvalue weighted by Crippen LogP contribution is 1.87. The van der Waals surface area contributed by atoms with Crippen molar-refractivity contribution in [1.29, 1.82) is 0 Å². The third-order valence-electron chi connectivity index (χ3n) is 1.34. The molecule has 0 aliphatic rings. The van der Waals surface area contributed by atoms with Gasteiger partial charge in [0, 0.05) is 6.20 Å². The van der Waals surface area contributed by atoms with Crippen LogP contribution in [0.4, 0.5) is 0 Å². The number of allylic oxidation sites excluding steroid dienone is 1. The van der Waals surface area contributed by atoms with Gasteiger partial charge >= 0.3 is 5.69 Å². The molecule has 8 nitrogen and oxygen atoms in total. The zero-order valence-electron chi connectivity index (χ0n) is 8.19. The van der Waals surface area contributed by atoms with Crippen LogP contribution in [0.3, 0.4) is 0 Å². The van der Waals surface area contributed by atoms with Crippen molar-refractivity contribution in [1.82, 2.24) is 19.8 Å². The summed E-state index contributed by atoms with van der Waals surface area (Å²) in [5, 5.41) is 6.88. The molecule has 9 heteroatoms. The largest absolute Gasteiger partial charge is 0.370 e. The molecule has 1 rings (SSSR count). The van der Waals surface area contributed by atoms with E-state index in [1.807, 2.05) is 0 Å². The van der Waals surface area contributed by atoms with Crippen LogP contribution in [0, 0.1) is 0 Å². The van der Waals surface area contributed by atoms with Crippen molar-refractivity contribution in [2.24, 2.45) is 0 Å². The van der Waals surface area contributed by atoms with E-state index in [1.165, 1.54) is 6.20 Å². The Hall–Kier alpha value is -1.48. The van der Waals surface area contributed by atoms with Gasteiger partial charge in [-0.25, -0.2) is 8.98 Å². The van der Waals surface area contributed by atoms with Crippen molar-refractivity contribution in [2.45, 2.75) is 13.7 Å². The molecule has 0 aromatic carbocycles. The second kappa shape index (κ2) is 4.36. The molecule has 15 heavy (non-hydrogen) atoms. The fourth-order valence-electron chi connectivity index (χ4n) is 0.748. The SMILES string of the molecule is C/C=C\n1nnn(COS(C)(=O)=O)c1=O. The van der Waals surface area contributed by atoms with Crippen molar-refractivity contribution in [2.75, 3.05) is 6.26 Å². The van der Waals surface area contributed by atoms with Gasteiger partial charge in [0.25, 0.3) is 10.1 Å². The summed E-state index contributed by atoms with van der Waals surface area (Å²) < 4.78 is 27.4. The molecule has 0 N–H and O–H groups in total. The number of hydrogen-bond acceptors (Lipinski definition) is 6. The highest BCUT2D eigenvalue weighted by atomic mass is 32.2. The van der Waals surface area contributed by atoms with E-state index in [0.29, 0.717) is 0 Å². The summed E-state index contributed by atoms with van der Waals surface area (Å²) in [5.74, 6) is 0. The molecule has 0 spiro atoms. The van der Waals surface area contributed by atoms with Gasteiger partial charge in [-0.3, -0.25) is 0 Å². The lowest BCUT2D eigenvalue weighted by Crippen LogP contribution is -2.24. The summed E-state index contributed by atoms with van der Waals surface area (Å²) in [7, 11) is -3.60. The minimum absolute atomic E-state index is 0.477. The molecule has 0 fully saturated rings. The lowest BCUT2D eigenvalue weighted by molar-refractivity contribution is 0.223. The molecule has 0 amide bonds. The molecule has 0 bridgehead atoms. The number of tetrazole rings is 1. The molecule has 84 valence electrons. The second-order valence-corrected chi connectivity index (χ2v) is 4.28. The standard InChI is InChI=1S/C6H10N4O4S/c1-3-4-9-6(11)10(8-7-9)5-14-15(2,12)13/h3-4H,5H2,1-2H3/b4-3-. The van der Waals surface area contributed by atoms with Gasteiger partial charge in [0.05, 0.1) is 6.26 Å². The molecule has 0 saturated carbocycles. The highest BCUT2D eigenvalue weighted by Gasteiger charge is 2.07. The first-order valence-electron chi connectivity index (χ1n) is 3.93. The van der Waals surface area contributed by atoms with Crippen LogP contribution in [-0.2, 0) is 21.0 Å². The van der Waals surface area contributed by atoms with Crippen LogP contribution in [0.15, 0.2) is 10.9 Å². The molecular weight excluding hydrogens is 224 g/mol. The van der Waals surface area contributed by atoms with Crippen LogP contribution in [0.25, 0.3) is 6.20 Å². The van der Waals surface area contributed by atoms with Crippen LogP contribution >= 0.6 is 0 Å². The van der Waals surface area contributed by atoms with E-state index in [1.54, 1.807) is 13.0 Å². The Morgan fingerprint density at radius 2 is 2.13 bits per heavy atom. The number of nitrogens with zero attached hydrogens (tertiary/aromatic N) is 4. The monoisotopic (exact) mass is 234 g/mol. The van der Waals surface area contributed by atoms with Gasteiger partial charge in [-0.1, -0.05) is 6.08 Å². The molecule has 0 atom stereocenters. The van der Waals surface area contributed by atoms with Gasteiger partial charge in [0.15, 0.2) is 6.73 Å². The smallest absolute Gasteiger partial charge is 0.246 e. The van der Waals surface area contributed by atoms with E-state index in [9.17, 15) is 13.2 Å². The fraction of sp³-hybridized carbons (Fsp3) is 0.500. The first-order valence-corrected chi connectivity index (χ1v) is 5.75. The first-order chi connectivity index (χ1) is 6.94. The molecule has 0 saturated heterocycles. The van der Waals surface area contributed by atoms with Crippen molar-refractivity contribution >= 4 is 16.3 Å². The Kier molecular flexibility index (Phi) is 3.37. The second-order valence-electron chi connectivity index (χ2n) is 2.64. The maximum atomic E-state index is 11.4. The Morgan fingerprint density at radius 3 is 2.67 bits per heavy atom. The number of rotatable bonds is 4. The average Bonchev–Trinajstić information content (AvgIpc) is 2.45. The van der Waals surface area contributed by atoms with Crippen molar-refractivity contribution in [3.05, 3.63) is 16.6 Å². The molecule has 0 unspecified atom stereocenters. The Bertz CT molecular complexity index is 511. The van der Waals surface area contributed by atoms with E-state index >= 15 is 0 Å². The topological polar surface area (TPSA) is 96.1 Å². The predicted molar refractivity (Wildman–Crippen MR) is 51.2 cm³/mol. The quantitative estimate of drug-likeness (QED) is 0.611. The van der Waals surface area contributed by atoms with E-state index in [2.05, 4.69) is 14.6 Å². The number of hydrogen-bond donors (Lipinski definition) is 0. The molecule has 0 aliphatic heterocycles. The fourth-order valence-corrected chi connectivity index (χ4v) is 1.04. The van der Waals surface area contributed by atoms with E-state index in [0.717, 1.165) is 15.6 Å². The van der Waals surface area contributed by atoms with E-state index in [-0.39, 0.29) is 0 Å². The minimum atomic E-state index is -3.60. The third-order valence-corrected chi connectivity index (χ3v) is 1.87. The molecular formula is C6H10N4O4S.